The van der Waals surface area contributed by atoms with Crippen LogP contribution >= 0.6 is 0 Å². The summed E-state index contributed by atoms with van der Waals surface area (Å²) >= 11 is 0. The van der Waals surface area contributed by atoms with Crippen LogP contribution in [0.3, 0.4) is 0 Å². The van der Waals surface area contributed by atoms with Crippen LogP contribution in [0.2, 0.25) is 0 Å². The van der Waals surface area contributed by atoms with Crippen LogP contribution in [0.15, 0.2) is 23.1 Å². The lowest BCUT2D eigenvalue weighted by Crippen LogP contribution is -2.38. The molecule has 126 valence electrons. The number of likely N-dealkylation sites (N-methyl/N-ethyl adjacent to an activating group) is 1. The molecule has 0 amide bonds. The minimum atomic E-state index is 0.0455. The van der Waals surface area contributed by atoms with Crippen molar-refractivity contribution in [1.29, 1.82) is 0 Å². The van der Waals surface area contributed by atoms with Crippen LogP contribution in [0.25, 0.3) is 0 Å². The number of allylic oxidation sites excluding steroid dienone is 1. The van der Waals surface area contributed by atoms with Gasteiger partial charge in [-0.3, -0.25) is 0 Å². The number of imidazole rings is 1. The lowest BCUT2D eigenvalue weighted by molar-refractivity contribution is 0.0634. The number of fused-ring (bicyclic) bond motifs is 1. The molecule has 7 nitrogen and oxygen atoms in total. The zero-order valence-corrected chi connectivity index (χ0v) is 14.1. The first kappa shape index (κ1) is 16.2. The first-order valence-electron chi connectivity index (χ1n) is 7.93. The van der Waals surface area contributed by atoms with E-state index in [9.17, 15) is 0 Å². The predicted molar refractivity (Wildman–Crippen MR) is 88.5 cm³/mol. The van der Waals surface area contributed by atoms with Gasteiger partial charge in [0.25, 0.3) is 0 Å². The van der Waals surface area contributed by atoms with Crippen LogP contribution in [-0.2, 0) is 9.47 Å². The molecule has 2 saturated heterocycles. The van der Waals surface area contributed by atoms with Crippen molar-refractivity contribution in [3.8, 4) is 0 Å². The van der Waals surface area contributed by atoms with Crippen LogP contribution in [0.1, 0.15) is 31.3 Å². The maximum absolute atomic E-state index is 6.06. The van der Waals surface area contributed by atoms with Crippen molar-refractivity contribution in [3.05, 3.63) is 29.5 Å². The van der Waals surface area contributed by atoms with Gasteiger partial charge in [0.15, 0.2) is 5.84 Å². The third-order valence-corrected chi connectivity index (χ3v) is 4.50. The Kier molecular flexibility index (Phi) is 4.52. The molecule has 4 atom stereocenters. The molecule has 0 saturated carbocycles. The molecule has 3 unspecified atom stereocenters. The normalized spacial score (nSPS) is 30.5. The molecule has 0 aromatic carbocycles. The quantitative estimate of drug-likeness (QED) is 0.632. The second kappa shape index (κ2) is 6.43. The number of ether oxygens (including phenoxy) is 2. The van der Waals surface area contributed by atoms with Gasteiger partial charge in [-0.05, 0) is 27.8 Å². The summed E-state index contributed by atoms with van der Waals surface area (Å²) in [6.07, 6.45) is 3.69. The monoisotopic (exact) mass is 319 g/mol. The standard InChI is InChI=1S/C16H25N5O2/c1-9(2)5-19-16(17)13-10(3)21(8-20-13)12-7-23-14-11(18-4)6-22-15(12)14/h5,8,11-12,14-15,18H,6-7H2,1-4H3,(H2,17,19)/t11-,12?,14?,15?/m1/s1. The maximum Gasteiger partial charge on any atom is 0.151 e. The number of nitrogens with zero attached hydrogens (tertiary/aromatic N) is 3. The molecule has 0 bridgehead atoms. The van der Waals surface area contributed by atoms with E-state index in [-0.39, 0.29) is 24.3 Å². The van der Waals surface area contributed by atoms with Crippen molar-refractivity contribution >= 4 is 5.84 Å². The summed E-state index contributed by atoms with van der Waals surface area (Å²) in [6, 6.07) is 0.369. The Morgan fingerprint density at radius 3 is 2.83 bits per heavy atom. The summed E-state index contributed by atoms with van der Waals surface area (Å²) in [6.45, 7) is 7.26. The second-order valence-corrected chi connectivity index (χ2v) is 6.37. The summed E-state index contributed by atoms with van der Waals surface area (Å²) < 4.78 is 14.0. The first-order chi connectivity index (χ1) is 11.0. The average molecular weight is 319 g/mol. The Bertz CT molecular complexity index is 632. The van der Waals surface area contributed by atoms with Gasteiger partial charge in [0.1, 0.15) is 17.9 Å². The molecule has 0 spiro atoms. The van der Waals surface area contributed by atoms with Crippen molar-refractivity contribution < 1.29 is 9.47 Å². The summed E-state index contributed by atoms with van der Waals surface area (Å²) in [4.78, 5) is 8.71. The molecule has 7 heteroatoms. The molecule has 1 aromatic rings. The molecular weight excluding hydrogens is 294 g/mol. The van der Waals surface area contributed by atoms with E-state index in [0.717, 1.165) is 11.3 Å². The zero-order valence-electron chi connectivity index (χ0n) is 14.1. The van der Waals surface area contributed by atoms with Crippen LogP contribution in [0, 0.1) is 6.92 Å². The number of nitrogens with one attached hydrogen (secondary N) is 1. The van der Waals surface area contributed by atoms with Crippen LogP contribution in [0.5, 0.6) is 0 Å². The minimum Gasteiger partial charge on any atom is -0.382 e. The van der Waals surface area contributed by atoms with E-state index >= 15 is 0 Å². The molecule has 2 fully saturated rings. The van der Waals surface area contributed by atoms with Crippen LogP contribution in [0.4, 0.5) is 0 Å². The van der Waals surface area contributed by atoms with Crippen molar-refractivity contribution in [2.75, 3.05) is 20.3 Å². The van der Waals surface area contributed by atoms with E-state index < -0.39 is 0 Å². The van der Waals surface area contributed by atoms with Gasteiger partial charge in [0.05, 0.1) is 31.6 Å². The van der Waals surface area contributed by atoms with Gasteiger partial charge < -0.3 is 25.1 Å². The molecule has 3 heterocycles. The summed E-state index contributed by atoms with van der Waals surface area (Å²) in [5.74, 6) is 0.429. The van der Waals surface area contributed by atoms with E-state index in [1.807, 2.05) is 34.1 Å². The van der Waals surface area contributed by atoms with Gasteiger partial charge in [-0.15, -0.1) is 0 Å². The van der Waals surface area contributed by atoms with Gasteiger partial charge >= 0.3 is 0 Å². The van der Waals surface area contributed by atoms with Crippen molar-refractivity contribution in [1.82, 2.24) is 14.9 Å². The fraction of sp³-hybridized carbons (Fsp3) is 0.625. The van der Waals surface area contributed by atoms with E-state index in [1.165, 1.54) is 0 Å². The average Bonchev–Trinajstić information content (AvgIpc) is 3.19. The number of rotatable bonds is 4. The topological polar surface area (TPSA) is 86.7 Å². The van der Waals surface area contributed by atoms with Crippen LogP contribution in [-0.4, -0.2) is 53.9 Å². The fourth-order valence-electron chi connectivity index (χ4n) is 3.23. The summed E-state index contributed by atoms with van der Waals surface area (Å²) in [7, 11) is 1.94. The molecule has 3 rings (SSSR count). The number of aliphatic imine (C=N–C) groups is 1. The molecule has 1 aromatic heterocycles. The highest BCUT2D eigenvalue weighted by molar-refractivity contribution is 5.97. The van der Waals surface area contributed by atoms with Crippen molar-refractivity contribution in [2.24, 2.45) is 10.7 Å². The zero-order chi connectivity index (χ0) is 16.6. The Balaban J connectivity index is 1.83. The molecule has 23 heavy (non-hydrogen) atoms. The van der Waals surface area contributed by atoms with Gasteiger partial charge in [-0.2, -0.15) is 0 Å². The third kappa shape index (κ3) is 2.91. The molecule has 0 aliphatic carbocycles. The lowest BCUT2D eigenvalue weighted by atomic mass is 10.1. The molecule has 2 aliphatic rings. The molecule has 3 N–H and O–H groups in total. The highest BCUT2D eigenvalue weighted by atomic mass is 16.6. The van der Waals surface area contributed by atoms with Crippen molar-refractivity contribution in [3.63, 3.8) is 0 Å². The smallest absolute Gasteiger partial charge is 0.151 e. The van der Waals surface area contributed by atoms with Crippen molar-refractivity contribution in [2.45, 2.75) is 45.1 Å². The van der Waals surface area contributed by atoms with Gasteiger partial charge in [-0.1, -0.05) is 5.57 Å². The SMILES string of the molecule is CN[C@@H]1COC2C1OCC2n1cnc(C(N)=NC=C(C)C)c1C. The fourth-order valence-corrected chi connectivity index (χ4v) is 3.23. The van der Waals surface area contributed by atoms with Gasteiger partial charge in [-0.25, -0.2) is 9.98 Å². The third-order valence-electron chi connectivity index (χ3n) is 4.50. The maximum atomic E-state index is 6.06. The number of hydrogen-bond acceptors (Lipinski definition) is 5. The van der Waals surface area contributed by atoms with Gasteiger partial charge in [0.2, 0.25) is 0 Å². The van der Waals surface area contributed by atoms with Gasteiger partial charge in [0, 0.05) is 11.9 Å². The Hall–Kier alpha value is -1.70. The second-order valence-electron chi connectivity index (χ2n) is 6.37. The van der Waals surface area contributed by atoms with E-state index in [4.69, 9.17) is 15.2 Å². The summed E-state index contributed by atoms with van der Waals surface area (Å²) in [5, 5.41) is 3.25. The number of hydrogen-bond donors (Lipinski definition) is 2. The van der Waals surface area contributed by atoms with E-state index in [2.05, 4.69) is 19.9 Å². The number of aromatic nitrogens is 2. The predicted octanol–water partition coefficient (Wildman–Crippen LogP) is 0.747. The Morgan fingerprint density at radius 1 is 1.39 bits per heavy atom. The Morgan fingerprint density at radius 2 is 2.13 bits per heavy atom. The highest BCUT2D eigenvalue weighted by Gasteiger charge is 2.48. The molecule has 2 aliphatic heterocycles. The molecular formula is C16H25N5O2. The lowest BCUT2D eigenvalue weighted by Gasteiger charge is -2.19. The first-order valence-corrected chi connectivity index (χ1v) is 7.93. The largest absolute Gasteiger partial charge is 0.382 e. The number of amidine groups is 1. The number of nitrogens with two attached hydrogens (primary N) is 1. The molecule has 0 radical (unpaired) electrons. The highest BCUT2D eigenvalue weighted by Crippen LogP contribution is 2.35. The summed E-state index contributed by atoms with van der Waals surface area (Å²) in [5.41, 5.74) is 8.86. The van der Waals surface area contributed by atoms with E-state index in [1.54, 1.807) is 6.20 Å². The Labute approximate surface area is 136 Å². The minimum absolute atomic E-state index is 0.0455. The van der Waals surface area contributed by atoms with E-state index in [0.29, 0.717) is 24.7 Å². The van der Waals surface area contributed by atoms with Crippen LogP contribution < -0.4 is 11.1 Å².